The van der Waals surface area contributed by atoms with E-state index < -0.39 is 0 Å². The number of anilines is 1. The van der Waals surface area contributed by atoms with Crippen molar-refractivity contribution in [3.63, 3.8) is 0 Å². The molecule has 0 saturated carbocycles. The van der Waals surface area contributed by atoms with E-state index >= 15 is 0 Å². The van der Waals surface area contributed by atoms with Crippen LogP contribution >= 0.6 is 11.6 Å². The molecule has 4 rings (SSSR count). The molecule has 0 radical (unpaired) electrons. The number of rotatable bonds is 2. The maximum absolute atomic E-state index is 5.93. The number of fused-ring (bicyclic) bond motifs is 3. The zero-order valence-corrected chi connectivity index (χ0v) is 11.7. The summed E-state index contributed by atoms with van der Waals surface area (Å²) in [5.41, 5.74) is 3.55. The Morgan fingerprint density at radius 2 is 1.80 bits per heavy atom. The number of aromatic nitrogens is 2. The van der Waals surface area contributed by atoms with Gasteiger partial charge in [-0.1, -0.05) is 35.9 Å². The van der Waals surface area contributed by atoms with Gasteiger partial charge in [-0.15, -0.1) is 0 Å². The van der Waals surface area contributed by atoms with Crippen LogP contribution in [0.1, 0.15) is 5.56 Å². The molecule has 1 aliphatic rings. The minimum Gasteiger partial charge on any atom is -0.336 e. The van der Waals surface area contributed by atoms with Crippen molar-refractivity contribution in [2.24, 2.45) is 0 Å². The SMILES string of the molecule is Clc1ccc(CN2CCn3c2nc2ccccc23)cc1. The highest BCUT2D eigenvalue weighted by atomic mass is 35.5. The second kappa shape index (κ2) is 4.53. The van der Waals surface area contributed by atoms with Gasteiger partial charge in [-0.05, 0) is 29.8 Å². The molecule has 1 aliphatic heterocycles. The fourth-order valence-corrected chi connectivity index (χ4v) is 2.93. The third kappa shape index (κ3) is 1.86. The van der Waals surface area contributed by atoms with Crippen molar-refractivity contribution in [1.29, 1.82) is 0 Å². The van der Waals surface area contributed by atoms with Crippen LogP contribution in [0.5, 0.6) is 0 Å². The molecular formula is C16H14ClN3. The molecule has 2 heterocycles. The van der Waals surface area contributed by atoms with E-state index in [-0.39, 0.29) is 0 Å². The minimum atomic E-state index is 0.780. The number of nitrogens with zero attached hydrogens (tertiary/aromatic N) is 3. The molecule has 0 N–H and O–H groups in total. The molecule has 20 heavy (non-hydrogen) atoms. The van der Waals surface area contributed by atoms with Crippen molar-refractivity contribution in [3.8, 4) is 0 Å². The van der Waals surface area contributed by atoms with Crippen molar-refractivity contribution in [2.75, 3.05) is 11.4 Å². The van der Waals surface area contributed by atoms with Crippen molar-refractivity contribution >= 4 is 28.6 Å². The summed E-state index contributed by atoms with van der Waals surface area (Å²) < 4.78 is 2.30. The molecule has 0 spiro atoms. The zero-order valence-electron chi connectivity index (χ0n) is 11.0. The van der Waals surface area contributed by atoms with Crippen LogP contribution in [-0.4, -0.2) is 16.1 Å². The van der Waals surface area contributed by atoms with Crippen LogP contribution < -0.4 is 4.90 Å². The van der Waals surface area contributed by atoms with Gasteiger partial charge in [0.1, 0.15) is 0 Å². The normalized spacial score (nSPS) is 13.9. The summed E-state index contributed by atoms with van der Waals surface area (Å²) >= 11 is 5.93. The highest BCUT2D eigenvalue weighted by molar-refractivity contribution is 6.30. The maximum Gasteiger partial charge on any atom is 0.206 e. The Bertz CT molecular complexity index is 761. The van der Waals surface area contributed by atoms with Gasteiger partial charge < -0.3 is 9.47 Å². The Labute approximate surface area is 122 Å². The summed E-state index contributed by atoms with van der Waals surface area (Å²) in [5, 5.41) is 0.780. The van der Waals surface area contributed by atoms with Crippen molar-refractivity contribution < 1.29 is 0 Å². The van der Waals surface area contributed by atoms with Gasteiger partial charge in [0.15, 0.2) is 0 Å². The molecular weight excluding hydrogens is 270 g/mol. The summed E-state index contributed by atoms with van der Waals surface area (Å²) in [6, 6.07) is 16.3. The average molecular weight is 284 g/mol. The van der Waals surface area contributed by atoms with Crippen molar-refractivity contribution in [2.45, 2.75) is 13.1 Å². The van der Waals surface area contributed by atoms with Gasteiger partial charge in [0.25, 0.3) is 0 Å². The molecule has 0 fully saturated rings. The summed E-state index contributed by atoms with van der Waals surface area (Å²) in [6.45, 7) is 2.89. The Morgan fingerprint density at radius 1 is 1.00 bits per heavy atom. The fraction of sp³-hybridized carbons (Fsp3) is 0.188. The Kier molecular flexibility index (Phi) is 2.67. The predicted molar refractivity (Wildman–Crippen MR) is 82.2 cm³/mol. The van der Waals surface area contributed by atoms with Gasteiger partial charge in [0, 0.05) is 24.7 Å². The predicted octanol–water partition coefficient (Wildman–Crippen LogP) is 3.71. The van der Waals surface area contributed by atoms with Crippen LogP contribution in [0.15, 0.2) is 48.5 Å². The quantitative estimate of drug-likeness (QED) is 0.715. The fourth-order valence-electron chi connectivity index (χ4n) is 2.81. The van der Waals surface area contributed by atoms with Crippen molar-refractivity contribution in [3.05, 3.63) is 59.1 Å². The third-order valence-corrected chi connectivity index (χ3v) is 4.05. The zero-order chi connectivity index (χ0) is 13.5. The van der Waals surface area contributed by atoms with Gasteiger partial charge in [-0.3, -0.25) is 0 Å². The van der Waals surface area contributed by atoms with Crippen LogP contribution in [0.4, 0.5) is 5.95 Å². The smallest absolute Gasteiger partial charge is 0.206 e. The first-order valence-corrected chi connectivity index (χ1v) is 7.14. The second-order valence-corrected chi connectivity index (χ2v) is 5.54. The molecule has 0 amide bonds. The number of imidazole rings is 1. The number of para-hydroxylation sites is 2. The summed E-state index contributed by atoms with van der Waals surface area (Å²) in [6.07, 6.45) is 0. The standard InChI is InChI=1S/C16H14ClN3/c17-13-7-5-12(6-8-13)11-19-9-10-20-15-4-2-1-3-14(15)18-16(19)20/h1-8H,9-11H2. The van der Waals surface area contributed by atoms with E-state index in [1.54, 1.807) is 0 Å². The lowest BCUT2D eigenvalue weighted by atomic mass is 10.2. The van der Waals surface area contributed by atoms with Gasteiger partial charge in [-0.2, -0.15) is 0 Å². The van der Waals surface area contributed by atoms with E-state index in [4.69, 9.17) is 16.6 Å². The summed E-state index contributed by atoms with van der Waals surface area (Å²) in [5.74, 6) is 1.07. The Morgan fingerprint density at radius 3 is 2.65 bits per heavy atom. The molecule has 0 unspecified atom stereocenters. The second-order valence-electron chi connectivity index (χ2n) is 5.10. The van der Waals surface area contributed by atoms with Crippen LogP contribution in [0.3, 0.4) is 0 Å². The lowest BCUT2D eigenvalue weighted by molar-refractivity contribution is 0.784. The van der Waals surface area contributed by atoms with E-state index in [2.05, 4.69) is 39.8 Å². The third-order valence-electron chi connectivity index (χ3n) is 3.80. The van der Waals surface area contributed by atoms with Crippen LogP contribution in [-0.2, 0) is 13.1 Å². The Hall–Kier alpha value is -2.00. The first-order valence-electron chi connectivity index (χ1n) is 6.76. The number of halogens is 1. The van der Waals surface area contributed by atoms with Crippen LogP contribution in [0.25, 0.3) is 11.0 Å². The lowest BCUT2D eigenvalue weighted by Gasteiger charge is -2.15. The van der Waals surface area contributed by atoms with E-state index in [1.165, 1.54) is 11.1 Å². The molecule has 4 heteroatoms. The summed E-state index contributed by atoms with van der Waals surface area (Å²) in [4.78, 5) is 7.07. The first-order chi connectivity index (χ1) is 9.81. The minimum absolute atomic E-state index is 0.780. The highest BCUT2D eigenvalue weighted by Gasteiger charge is 2.23. The maximum atomic E-state index is 5.93. The van der Waals surface area contributed by atoms with E-state index in [0.717, 1.165) is 36.1 Å². The van der Waals surface area contributed by atoms with Crippen LogP contribution in [0.2, 0.25) is 5.02 Å². The number of hydrogen-bond donors (Lipinski definition) is 0. The molecule has 0 bridgehead atoms. The Balaban J connectivity index is 1.68. The van der Waals surface area contributed by atoms with Gasteiger partial charge in [-0.25, -0.2) is 4.98 Å². The van der Waals surface area contributed by atoms with Gasteiger partial charge in [0.2, 0.25) is 5.95 Å². The molecule has 0 saturated heterocycles. The molecule has 0 aliphatic carbocycles. The van der Waals surface area contributed by atoms with Gasteiger partial charge in [0.05, 0.1) is 11.0 Å². The molecule has 1 aromatic heterocycles. The lowest BCUT2D eigenvalue weighted by Crippen LogP contribution is -2.20. The van der Waals surface area contributed by atoms with Crippen LogP contribution in [0, 0.1) is 0 Å². The van der Waals surface area contributed by atoms with E-state index in [1.807, 2.05) is 18.2 Å². The topological polar surface area (TPSA) is 21.1 Å². The monoisotopic (exact) mass is 283 g/mol. The average Bonchev–Trinajstić information content (AvgIpc) is 3.01. The van der Waals surface area contributed by atoms with E-state index in [0.29, 0.717) is 0 Å². The first kappa shape index (κ1) is 11.8. The van der Waals surface area contributed by atoms with Crippen molar-refractivity contribution in [1.82, 2.24) is 9.55 Å². The van der Waals surface area contributed by atoms with E-state index in [9.17, 15) is 0 Å². The highest BCUT2D eigenvalue weighted by Crippen LogP contribution is 2.28. The molecule has 3 aromatic rings. The molecule has 3 nitrogen and oxygen atoms in total. The molecule has 0 atom stereocenters. The number of hydrogen-bond acceptors (Lipinski definition) is 2. The number of benzene rings is 2. The van der Waals surface area contributed by atoms with Gasteiger partial charge >= 0.3 is 0 Å². The summed E-state index contributed by atoms with van der Waals surface area (Å²) in [7, 11) is 0. The molecule has 100 valence electrons. The largest absolute Gasteiger partial charge is 0.336 e. The molecule has 2 aromatic carbocycles.